The van der Waals surface area contributed by atoms with Gasteiger partial charge in [-0.05, 0) is 18.9 Å². The van der Waals surface area contributed by atoms with E-state index in [0.29, 0.717) is 6.54 Å². The number of aromatic hydroxyl groups is 1. The number of benzene rings is 1. The lowest BCUT2D eigenvalue weighted by atomic mass is 10.0. The quantitative estimate of drug-likeness (QED) is 0.734. The third kappa shape index (κ3) is 2.77. The van der Waals surface area contributed by atoms with Crippen molar-refractivity contribution in [2.24, 2.45) is 11.7 Å². The van der Waals surface area contributed by atoms with Gasteiger partial charge in [0.1, 0.15) is 5.75 Å². The summed E-state index contributed by atoms with van der Waals surface area (Å²) in [7, 11) is 0. The van der Waals surface area contributed by atoms with Gasteiger partial charge in [0.05, 0.1) is 5.92 Å². The lowest BCUT2D eigenvalue weighted by Gasteiger charge is -2.15. The molecule has 1 aliphatic carbocycles. The lowest BCUT2D eigenvalue weighted by Crippen LogP contribution is -2.38. The first-order valence-electron chi connectivity index (χ1n) is 5.98. The summed E-state index contributed by atoms with van der Waals surface area (Å²) in [6.45, 7) is 0.356. The van der Waals surface area contributed by atoms with Crippen LogP contribution in [0.15, 0.2) is 24.3 Å². The van der Waals surface area contributed by atoms with E-state index in [1.807, 2.05) is 6.07 Å². The predicted molar refractivity (Wildman–Crippen MR) is 65.3 cm³/mol. The second-order valence-electron chi connectivity index (χ2n) is 4.55. The standard InChI is InChI=1S/C13H18N2O2/c14-11-6-3-5-10(11)13(17)15-8-9-4-1-2-7-12(9)16/h1-2,4,7,10-11,16H,3,5-6,8,14H2,(H,15,17). The number of hydrogen-bond acceptors (Lipinski definition) is 3. The maximum atomic E-state index is 11.9. The van der Waals surface area contributed by atoms with Crippen LogP contribution in [0.2, 0.25) is 0 Å². The molecule has 0 bridgehead atoms. The molecule has 1 amide bonds. The lowest BCUT2D eigenvalue weighted by molar-refractivity contribution is -0.125. The van der Waals surface area contributed by atoms with Gasteiger partial charge in [0, 0.05) is 18.2 Å². The predicted octanol–water partition coefficient (Wildman–Crippen LogP) is 1.14. The van der Waals surface area contributed by atoms with E-state index in [-0.39, 0.29) is 23.6 Å². The molecule has 1 aromatic rings. The summed E-state index contributed by atoms with van der Waals surface area (Å²) < 4.78 is 0. The average Bonchev–Trinajstić information content (AvgIpc) is 2.74. The summed E-state index contributed by atoms with van der Waals surface area (Å²) in [5, 5.41) is 12.4. The van der Waals surface area contributed by atoms with Crippen molar-refractivity contribution in [3.63, 3.8) is 0 Å². The molecular formula is C13H18N2O2. The fraction of sp³-hybridized carbons (Fsp3) is 0.462. The van der Waals surface area contributed by atoms with E-state index in [9.17, 15) is 9.90 Å². The second-order valence-corrected chi connectivity index (χ2v) is 4.55. The van der Waals surface area contributed by atoms with Crippen molar-refractivity contribution >= 4 is 5.91 Å². The molecule has 4 nitrogen and oxygen atoms in total. The molecule has 4 N–H and O–H groups in total. The summed E-state index contributed by atoms with van der Waals surface area (Å²) >= 11 is 0. The van der Waals surface area contributed by atoms with Crippen LogP contribution in [-0.2, 0) is 11.3 Å². The van der Waals surface area contributed by atoms with Gasteiger partial charge in [-0.15, -0.1) is 0 Å². The number of rotatable bonds is 3. The molecule has 1 aliphatic rings. The van der Waals surface area contributed by atoms with E-state index in [4.69, 9.17) is 5.73 Å². The van der Waals surface area contributed by atoms with Crippen LogP contribution in [-0.4, -0.2) is 17.1 Å². The van der Waals surface area contributed by atoms with Crippen molar-refractivity contribution in [1.82, 2.24) is 5.32 Å². The van der Waals surface area contributed by atoms with Gasteiger partial charge >= 0.3 is 0 Å². The normalized spacial score (nSPS) is 23.6. The molecule has 1 saturated carbocycles. The molecule has 2 unspecified atom stereocenters. The zero-order valence-corrected chi connectivity index (χ0v) is 9.73. The molecule has 92 valence electrons. The molecule has 0 aromatic heterocycles. The van der Waals surface area contributed by atoms with Crippen molar-refractivity contribution in [1.29, 1.82) is 0 Å². The fourth-order valence-corrected chi connectivity index (χ4v) is 2.29. The van der Waals surface area contributed by atoms with Crippen molar-refractivity contribution in [2.45, 2.75) is 31.8 Å². The van der Waals surface area contributed by atoms with E-state index in [1.165, 1.54) is 0 Å². The molecule has 17 heavy (non-hydrogen) atoms. The van der Waals surface area contributed by atoms with Gasteiger partial charge in [0.15, 0.2) is 0 Å². The van der Waals surface area contributed by atoms with E-state index < -0.39 is 0 Å². The number of para-hydroxylation sites is 1. The monoisotopic (exact) mass is 234 g/mol. The molecule has 0 radical (unpaired) electrons. The fourth-order valence-electron chi connectivity index (χ4n) is 2.29. The molecule has 2 rings (SSSR count). The van der Waals surface area contributed by atoms with Gasteiger partial charge in [0.2, 0.25) is 5.91 Å². The maximum Gasteiger partial charge on any atom is 0.224 e. The van der Waals surface area contributed by atoms with Crippen molar-refractivity contribution in [2.75, 3.05) is 0 Å². The van der Waals surface area contributed by atoms with Crippen molar-refractivity contribution in [3.05, 3.63) is 29.8 Å². The number of hydrogen-bond donors (Lipinski definition) is 3. The van der Waals surface area contributed by atoms with E-state index >= 15 is 0 Å². The molecule has 1 aromatic carbocycles. The largest absolute Gasteiger partial charge is 0.508 e. The number of carbonyl (C=O) groups is 1. The number of nitrogens with one attached hydrogen (secondary N) is 1. The summed E-state index contributed by atoms with van der Waals surface area (Å²) in [6.07, 6.45) is 2.82. The number of phenols is 1. The van der Waals surface area contributed by atoms with E-state index in [2.05, 4.69) is 5.32 Å². The molecule has 0 spiro atoms. The summed E-state index contributed by atoms with van der Waals surface area (Å²) in [6, 6.07) is 6.99. The minimum atomic E-state index is -0.0687. The Bertz CT molecular complexity index is 406. The second kappa shape index (κ2) is 5.19. The highest BCUT2D eigenvalue weighted by Gasteiger charge is 2.29. The SMILES string of the molecule is NC1CCCC1C(=O)NCc1ccccc1O. The average molecular weight is 234 g/mol. The summed E-state index contributed by atoms with van der Waals surface area (Å²) in [4.78, 5) is 11.9. The van der Waals surface area contributed by atoms with Gasteiger partial charge in [-0.2, -0.15) is 0 Å². The van der Waals surface area contributed by atoms with Crippen LogP contribution in [0.4, 0.5) is 0 Å². The van der Waals surface area contributed by atoms with Crippen LogP contribution in [0.1, 0.15) is 24.8 Å². The first-order chi connectivity index (χ1) is 8.18. The Balaban J connectivity index is 1.90. The molecule has 0 aliphatic heterocycles. The Morgan fingerprint density at radius 1 is 1.41 bits per heavy atom. The van der Waals surface area contributed by atoms with Crippen LogP contribution in [0, 0.1) is 5.92 Å². The van der Waals surface area contributed by atoms with Gasteiger partial charge in [0.25, 0.3) is 0 Å². The zero-order chi connectivity index (χ0) is 12.3. The van der Waals surface area contributed by atoms with E-state index in [1.54, 1.807) is 18.2 Å². The Kier molecular flexibility index (Phi) is 3.64. The summed E-state index contributed by atoms with van der Waals surface area (Å²) in [5.74, 6) is 0.141. The minimum Gasteiger partial charge on any atom is -0.508 e. The van der Waals surface area contributed by atoms with E-state index in [0.717, 1.165) is 24.8 Å². The summed E-state index contributed by atoms with van der Waals surface area (Å²) in [5.41, 5.74) is 6.60. The van der Waals surface area contributed by atoms with Gasteiger partial charge < -0.3 is 16.2 Å². The van der Waals surface area contributed by atoms with Crippen LogP contribution in [0.3, 0.4) is 0 Å². The Labute approximate surface area is 101 Å². The smallest absolute Gasteiger partial charge is 0.224 e. The molecule has 2 atom stereocenters. The first kappa shape index (κ1) is 11.9. The van der Waals surface area contributed by atoms with Crippen LogP contribution >= 0.6 is 0 Å². The van der Waals surface area contributed by atoms with Crippen LogP contribution in [0.25, 0.3) is 0 Å². The Hall–Kier alpha value is -1.55. The van der Waals surface area contributed by atoms with Gasteiger partial charge in [-0.25, -0.2) is 0 Å². The van der Waals surface area contributed by atoms with Gasteiger partial charge in [-0.1, -0.05) is 24.6 Å². The number of phenolic OH excluding ortho intramolecular Hbond substituents is 1. The highest BCUT2D eigenvalue weighted by molar-refractivity contribution is 5.79. The number of nitrogens with two attached hydrogens (primary N) is 1. The third-order valence-corrected chi connectivity index (χ3v) is 3.35. The van der Waals surface area contributed by atoms with Crippen molar-refractivity contribution in [3.8, 4) is 5.75 Å². The van der Waals surface area contributed by atoms with Gasteiger partial charge in [-0.3, -0.25) is 4.79 Å². The molecule has 0 saturated heterocycles. The first-order valence-corrected chi connectivity index (χ1v) is 5.98. The topological polar surface area (TPSA) is 75.4 Å². The molecule has 1 fully saturated rings. The third-order valence-electron chi connectivity index (χ3n) is 3.35. The minimum absolute atomic E-state index is 0.00162. The highest BCUT2D eigenvalue weighted by atomic mass is 16.3. The van der Waals surface area contributed by atoms with Crippen molar-refractivity contribution < 1.29 is 9.90 Å². The Morgan fingerprint density at radius 2 is 2.18 bits per heavy atom. The molecule has 4 heteroatoms. The zero-order valence-electron chi connectivity index (χ0n) is 9.73. The Morgan fingerprint density at radius 3 is 2.82 bits per heavy atom. The molecule has 0 heterocycles. The van der Waals surface area contributed by atoms with Crippen LogP contribution < -0.4 is 11.1 Å². The number of carbonyl (C=O) groups excluding carboxylic acids is 1. The van der Waals surface area contributed by atoms with Crippen LogP contribution in [0.5, 0.6) is 5.75 Å². The molecular weight excluding hydrogens is 216 g/mol. The number of amides is 1. The maximum absolute atomic E-state index is 11.9. The highest BCUT2D eigenvalue weighted by Crippen LogP contribution is 2.24.